The minimum Gasteiger partial charge on any atom is -0.352 e. The van der Waals surface area contributed by atoms with Crippen LogP contribution in [0.3, 0.4) is 0 Å². The molecule has 2 N–H and O–H groups in total. The van der Waals surface area contributed by atoms with Crippen LogP contribution in [0.5, 0.6) is 0 Å². The van der Waals surface area contributed by atoms with Gasteiger partial charge in [-0.3, -0.25) is 10.1 Å². The lowest BCUT2D eigenvalue weighted by Crippen LogP contribution is -2.43. The summed E-state index contributed by atoms with van der Waals surface area (Å²) in [7, 11) is 0. The van der Waals surface area contributed by atoms with E-state index in [2.05, 4.69) is 10.6 Å². The van der Waals surface area contributed by atoms with Crippen molar-refractivity contribution < 1.29 is 4.79 Å². The number of carbonyl (C=O) groups is 1. The average Bonchev–Trinajstić information content (AvgIpc) is 3.13. The summed E-state index contributed by atoms with van der Waals surface area (Å²) in [4.78, 5) is 11.8. The van der Waals surface area contributed by atoms with Gasteiger partial charge in [0, 0.05) is 17.1 Å². The van der Waals surface area contributed by atoms with Gasteiger partial charge >= 0.3 is 0 Å². The van der Waals surface area contributed by atoms with Crippen molar-refractivity contribution in [2.24, 2.45) is 0 Å². The van der Waals surface area contributed by atoms with E-state index in [1.54, 1.807) is 0 Å². The number of rotatable bonds is 5. The van der Waals surface area contributed by atoms with Crippen LogP contribution in [0, 0.1) is 0 Å². The molecule has 0 bridgehead atoms. The normalized spacial score (nSPS) is 18.2. The fourth-order valence-electron chi connectivity index (χ4n) is 1.92. The van der Waals surface area contributed by atoms with Gasteiger partial charge in [-0.15, -0.1) is 0 Å². The molecule has 18 heavy (non-hydrogen) atoms. The summed E-state index contributed by atoms with van der Waals surface area (Å²) >= 11 is 6.14. The predicted molar refractivity (Wildman–Crippen MR) is 73.6 cm³/mol. The van der Waals surface area contributed by atoms with E-state index in [1.165, 1.54) is 0 Å². The van der Waals surface area contributed by atoms with Crippen LogP contribution in [-0.4, -0.2) is 18.0 Å². The maximum atomic E-state index is 11.8. The molecule has 0 spiro atoms. The van der Waals surface area contributed by atoms with Gasteiger partial charge in [0.05, 0.1) is 6.04 Å². The molecule has 0 aliphatic heterocycles. The average molecular weight is 267 g/mol. The van der Waals surface area contributed by atoms with E-state index in [-0.39, 0.29) is 18.0 Å². The van der Waals surface area contributed by atoms with Crippen molar-refractivity contribution in [3.05, 3.63) is 34.9 Å². The molecule has 0 aromatic heterocycles. The fraction of sp³-hybridized carbons (Fsp3) is 0.500. The number of hydrogen-bond donors (Lipinski definition) is 2. The summed E-state index contributed by atoms with van der Waals surface area (Å²) in [5.41, 5.74) is 1.02. The van der Waals surface area contributed by atoms with Crippen molar-refractivity contribution in [1.29, 1.82) is 0 Å². The molecule has 2 rings (SSSR count). The van der Waals surface area contributed by atoms with Gasteiger partial charge in [0.1, 0.15) is 0 Å². The smallest absolute Gasteiger partial charge is 0.237 e. The highest BCUT2D eigenvalue weighted by molar-refractivity contribution is 6.31. The van der Waals surface area contributed by atoms with Crippen molar-refractivity contribution >= 4 is 17.5 Å². The maximum Gasteiger partial charge on any atom is 0.237 e. The summed E-state index contributed by atoms with van der Waals surface area (Å²) in [6, 6.07) is 7.94. The Morgan fingerprint density at radius 1 is 1.33 bits per heavy atom. The Morgan fingerprint density at radius 2 is 2.00 bits per heavy atom. The molecular formula is C14H19ClN2O. The quantitative estimate of drug-likeness (QED) is 0.860. The summed E-state index contributed by atoms with van der Waals surface area (Å²) < 4.78 is 0. The molecule has 2 atom stereocenters. The number of halogens is 1. The van der Waals surface area contributed by atoms with Gasteiger partial charge in [0.25, 0.3) is 0 Å². The van der Waals surface area contributed by atoms with E-state index < -0.39 is 0 Å². The van der Waals surface area contributed by atoms with Gasteiger partial charge in [0.2, 0.25) is 5.91 Å². The highest BCUT2D eigenvalue weighted by Crippen LogP contribution is 2.23. The van der Waals surface area contributed by atoms with Crippen LogP contribution >= 0.6 is 11.6 Å². The lowest BCUT2D eigenvalue weighted by molar-refractivity contribution is -0.123. The van der Waals surface area contributed by atoms with E-state index >= 15 is 0 Å². The minimum absolute atomic E-state index is 0.0543. The van der Waals surface area contributed by atoms with Crippen LogP contribution in [0.25, 0.3) is 0 Å². The summed E-state index contributed by atoms with van der Waals surface area (Å²) in [5.74, 6) is 0.0661. The molecular weight excluding hydrogens is 248 g/mol. The van der Waals surface area contributed by atoms with Crippen molar-refractivity contribution in [2.45, 2.75) is 44.8 Å². The van der Waals surface area contributed by atoms with Crippen molar-refractivity contribution in [1.82, 2.24) is 10.6 Å². The second-order valence-corrected chi connectivity index (χ2v) is 5.32. The second kappa shape index (κ2) is 5.72. The molecule has 98 valence electrons. The van der Waals surface area contributed by atoms with Gasteiger partial charge in [-0.1, -0.05) is 29.8 Å². The number of carbonyl (C=O) groups excluding carboxylic acids is 1. The summed E-state index contributed by atoms with van der Waals surface area (Å²) in [6.45, 7) is 3.90. The third-order valence-electron chi connectivity index (χ3n) is 3.19. The molecule has 1 saturated carbocycles. The van der Waals surface area contributed by atoms with Crippen molar-refractivity contribution in [2.75, 3.05) is 0 Å². The van der Waals surface area contributed by atoms with E-state index in [0.29, 0.717) is 6.04 Å². The van der Waals surface area contributed by atoms with Gasteiger partial charge in [-0.05, 0) is 38.3 Å². The highest BCUT2D eigenvalue weighted by Gasteiger charge is 2.26. The topological polar surface area (TPSA) is 41.1 Å². The van der Waals surface area contributed by atoms with E-state index in [9.17, 15) is 4.79 Å². The maximum absolute atomic E-state index is 11.8. The Morgan fingerprint density at radius 3 is 2.61 bits per heavy atom. The number of amides is 1. The molecule has 0 heterocycles. The molecule has 1 amide bonds. The van der Waals surface area contributed by atoms with Crippen LogP contribution in [0.2, 0.25) is 5.02 Å². The van der Waals surface area contributed by atoms with E-state index in [4.69, 9.17) is 11.6 Å². The van der Waals surface area contributed by atoms with Gasteiger partial charge in [-0.25, -0.2) is 0 Å². The number of benzene rings is 1. The molecule has 0 radical (unpaired) electrons. The monoisotopic (exact) mass is 266 g/mol. The number of hydrogen-bond acceptors (Lipinski definition) is 2. The van der Waals surface area contributed by atoms with Crippen LogP contribution in [0.15, 0.2) is 24.3 Å². The molecule has 1 aromatic rings. The lowest BCUT2D eigenvalue weighted by Gasteiger charge is -2.20. The SMILES string of the molecule is CC(NC(C)c1ccccc1Cl)C(=O)NC1CC1. The van der Waals surface area contributed by atoms with Gasteiger partial charge in [-0.2, -0.15) is 0 Å². The minimum atomic E-state index is -0.211. The third-order valence-corrected chi connectivity index (χ3v) is 3.53. The predicted octanol–water partition coefficient (Wildman–Crippen LogP) is 2.66. The molecule has 1 aliphatic rings. The molecule has 1 fully saturated rings. The van der Waals surface area contributed by atoms with E-state index in [0.717, 1.165) is 23.4 Å². The van der Waals surface area contributed by atoms with Crippen LogP contribution in [0.1, 0.15) is 38.3 Å². The van der Waals surface area contributed by atoms with Gasteiger partial charge < -0.3 is 5.32 Å². The molecule has 0 saturated heterocycles. The zero-order valence-electron chi connectivity index (χ0n) is 10.7. The summed E-state index contributed by atoms with van der Waals surface area (Å²) in [5, 5.41) is 6.99. The highest BCUT2D eigenvalue weighted by atomic mass is 35.5. The zero-order chi connectivity index (χ0) is 13.1. The molecule has 1 aromatic carbocycles. The molecule has 2 unspecified atom stereocenters. The largest absolute Gasteiger partial charge is 0.352 e. The molecule has 3 nitrogen and oxygen atoms in total. The molecule has 4 heteroatoms. The summed E-state index contributed by atoms with van der Waals surface area (Å²) in [6.07, 6.45) is 2.22. The Bertz CT molecular complexity index is 432. The van der Waals surface area contributed by atoms with Crippen LogP contribution in [-0.2, 0) is 4.79 Å². The number of nitrogens with one attached hydrogen (secondary N) is 2. The fourth-order valence-corrected chi connectivity index (χ4v) is 2.22. The first kappa shape index (κ1) is 13.4. The Balaban J connectivity index is 1.91. The van der Waals surface area contributed by atoms with Crippen LogP contribution < -0.4 is 10.6 Å². The Hall–Kier alpha value is -1.06. The Labute approximate surface area is 113 Å². The van der Waals surface area contributed by atoms with Crippen molar-refractivity contribution in [3.8, 4) is 0 Å². The first-order valence-electron chi connectivity index (χ1n) is 6.39. The van der Waals surface area contributed by atoms with Gasteiger partial charge in [0.15, 0.2) is 0 Å². The first-order chi connectivity index (χ1) is 8.58. The van der Waals surface area contributed by atoms with E-state index in [1.807, 2.05) is 38.1 Å². The van der Waals surface area contributed by atoms with Crippen molar-refractivity contribution in [3.63, 3.8) is 0 Å². The van der Waals surface area contributed by atoms with Crippen LogP contribution in [0.4, 0.5) is 0 Å². The Kier molecular flexibility index (Phi) is 4.25. The molecule has 1 aliphatic carbocycles. The third kappa shape index (κ3) is 3.47. The second-order valence-electron chi connectivity index (χ2n) is 4.91. The zero-order valence-corrected chi connectivity index (χ0v) is 11.5. The first-order valence-corrected chi connectivity index (χ1v) is 6.76. The lowest BCUT2D eigenvalue weighted by atomic mass is 10.1. The standard InChI is InChI=1S/C14H19ClN2O/c1-9(12-5-3-4-6-13(12)15)16-10(2)14(18)17-11-7-8-11/h3-6,9-11,16H,7-8H2,1-2H3,(H,17,18).